The van der Waals surface area contributed by atoms with E-state index in [-0.39, 0.29) is 24.9 Å². The summed E-state index contributed by atoms with van der Waals surface area (Å²) in [5.41, 5.74) is 1.25. The summed E-state index contributed by atoms with van der Waals surface area (Å²) in [4.78, 5) is 38.6. The molecule has 0 saturated carbocycles. The minimum atomic E-state index is -0.901. The van der Waals surface area contributed by atoms with Crippen molar-refractivity contribution < 1.29 is 19.5 Å². The van der Waals surface area contributed by atoms with E-state index in [1.165, 1.54) is 4.90 Å². The van der Waals surface area contributed by atoms with E-state index in [1.807, 2.05) is 0 Å². The number of fused-ring (bicyclic) bond motifs is 1. The smallest absolute Gasteiger partial charge is 0.320 e. The van der Waals surface area contributed by atoms with Crippen LogP contribution in [-0.4, -0.2) is 53.5 Å². The first-order valence-electron chi connectivity index (χ1n) is 7.22. The van der Waals surface area contributed by atoms with Gasteiger partial charge < -0.3 is 10.4 Å². The quantitative estimate of drug-likeness (QED) is 0.849. The molecule has 0 bridgehead atoms. The lowest BCUT2D eigenvalue weighted by atomic mass is 10.2. The van der Waals surface area contributed by atoms with Crippen molar-refractivity contribution in [2.45, 2.75) is 18.9 Å². The number of anilines is 2. The molecule has 1 atom stereocenters. The maximum Gasteiger partial charge on any atom is 0.320 e. The third-order valence-corrected chi connectivity index (χ3v) is 4.06. The summed E-state index contributed by atoms with van der Waals surface area (Å²) in [5, 5.41) is 11.9. The molecule has 7 nitrogen and oxygen atoms in total. The molecular formula is C15H17N3O4. The summed E-state index contributed by atoms with van der Waals surface area (Å²) in [6.07, 6.45) is 1.32. The van der Waals surface area contributed by atoms with Crippen LogP contribution in [0.2, 0.25) is 0 Å². The molecule has 2 aliphatic heterocycles. The number of carbonyl (C=O) groups is 3. The maximum absolute atomic E-state index is 12.5. The molecule has 3 rings (SSSR count). The number of carboxylic acids is 1. The molecule has 2 aliphatic rings. The third kappa shape index (κ3) is 2.67. The van der Waals surface area contributed by atoms with Crippen LogP contribution in [0.1, 0.15) is 12.8 Å². The van der Waals surface area contributed by atoms with Gasteiger partial charge in [-0.1, -0.05) is 12.1 Å². The number of nitrogens with one attached hydrogen (secondary N) is 1. The van der Waals surface area contributed by atoms with Crippen molar-refractivity contribution in [2.75, 3.05) is 29.9 Å². The van der Waals surface area contributed by atoms with Crippen LogP contribution < -0.4 is 10.2 Å². The highest BCUT2D eigenvalue weighted by atomic mass is 16.4. The summed E-state index contributed by atoms with van der Waals surface area (Å²) >= 11 is 0. The molecule has 22 heavy (non-hydrogen) atoms. The first kappa shape index (κ1) is 14.5. The number of hydrogen-bond acceptors (Lipinski definition) is 4. The second-order valence-electron chi connectivity index (χ2n) is 5.51. The average molecular weight is 303 g/mol. The molecule has 0 radical (unpaired) electrons. The Morgan fingerprint density at radius 2 is 2.09 bits per heavy atom. The largest absolute Gasteiger partial charge is 0.480 e. The third-order valence-electron chi connectivity index (χ3n) is 4.06. The SMILES string of the molecule is O=C1CN(C(=O)CN2CCCC2C(=O)O)c2ccccc2N1. The number of nitrogens with zero attached hydrogens (tertiary/aromatic N) is 2. The maximum atomic E-state index is 12.5. The summed E-state index contributed by atoms with van der Waals surface area (Å²) in [5.74, 6) is -1.40. The normalized spacial score (nSPS) is 21.4. The van der Waals surface area contributed by atoms with Gasteiger partial charge in [0.15, 0.2) is 0 Å². The topological polar surface area (TPSA) is 90.0 Å². The Bertz CT molecular complexity index is 631. The van der Waals surface area contributed by atoms with Crippen LogP contribution in [0.3, 0.4) is 0 Å². The first-order chi connectivity index (χ1) is 10.6. The Morgan fingerprint density at radius 1 is 1.32 bits per heavy atom. The number of hydrogen-bond donors (Lipinski definition) is 2. The predicted molar refractivity (Wildman–Crippen MR) is 79.7 cm³/mol. The van der Waals surface area contributed by atoms with E-state index >= 15 is 0 Å². The predicted octanol–water partition coefficient (Wildman–Crippen LogP) is 0.521. The molecule has 1 aromatic carbocycles. The van der Waals surface area contributed by atoms with Crippen LogP contribution >= 0.6 is 0 Å². The van der Waals surface area contributed by atoms with Gasteiger partial charge in [0.2, 0.25) is 11.8 Å². The lowest BCUT2D eigenvalue weighted by molar-refractivity contribution is -0.142. The van der Waals surface area contributed by atoms with Gasteiger partial charge in [-0.2, -0.15) is 0 Å². The number of amides is 2. The minimum Gasteiger partial charge on any atom is -0.480 e. The van der Waals surface area contributed by atoms with Gasteiger partial charge in [0.25, 0.3) is 0 Å². The van der Waals surface area contributed by atoms with Crippen molar-refractivity contribution in [3.8, 4) is 0 Å². The molecule has 1 saturated heterocycles. The number of rotatable bonds is 3. The monoisotopic (exact) mass is 303 g/mol. The second kappa shape index (κ2) is 5.76. The molecule has 0 spiro atoms. The van der Waals surface area contributed by atoms with Crippen molar-refractivity contribution in [1.82, 2.24) is 4.90 Å². The van der Waals surface area contributed by atoms with Crippen molar-refractivity contribution in [1.29, 1.82) is 0 Å². The molecular weight excluding hydrogens is 286 g/mol. The van der Waals surface area contributed by atoms with E-state index in [2.05, 4.69) is 5.32 Å². The molecule has 1 aromatic rings. The first-order valence-corrected chi connectivity index (χ1v) is 7.22. The molecule has 2 heterocycles. The van der Waals surface area contributed by atoms with Crippen molar-refractivity contribution in [3.05, 3.63) is 24.3 Å². The van der Waals surface area contributed by atoms with Crippen LogP contribution in [0.5, 0.6) is 0 Å². The van der Waals surface area contributed by atoms with E-state index in [4.69, 9.17) is 0 Å². The van der Waals surface area contributed by atoms with Gasteiger partial charge in [-0.15, -0.1) is 0 Å². The van der Waals surface area contributed by atoms with Gasteiger partial charge in [0, 0.05) is 0 Å². The summed E-state index contributed by atoms with van der Waals surface area (Å²) in [6.45, 7) is 0.560. The fourth-order valence-corrected chi connectivity index (χ4v) is 3.01. The molecule has 7 heteroatoms. The van der Waals surface area contributed by atoms with Gasteiger partial charge in [-0.25, -0.2) is 0 Å². The van der Waals surface area contributed by atoms with Crippen LogP contribution in [0.4, 0.5) is 11.4 Å². The Kier molecular flexibility index (Phi) is 3.81. The standard InChI is InChI=1S/C15H17N3O4/c19-13-8-18(11-5-2-1-4-10(11)16-13)14(20)9-17-7-3-6-12(17)15(21)22/h1-2,4-5,12H,3,6-9H2,(H,16,19)(H,21,22). The molecule has 1 unspecified atom stereocenters. The van der Waals surface area contributed by atoms with E-state index in [0.717, 1.165) is 6.42 Å². The number of likely N-dealkylation sites (tertiary alicyclic amines) is 1. The van der Waals surface area contributed by atoms with Gasteiger partial charge in [-0.3, -0.25) is 24.2 Å². The molecule has 116 valence electrons. The van der Waals surface area contributed by atoms with Crippen LogP contribution in [0.25, 0.3) is 0 Å². The molecule has 2 amide bonds. The summed E-state index contributed by atoms with van der Waals surface area (Å²) < 4.78 is 0. The summed E-state index contributed by atoms with van der Waals surface area (Å²) in [7, 11) is 0. The van der Waals surface area contributed by atoms with Crippen LogP contribution in [0, 0.1) is 0 Å². The Hall–Kier alpha value is -2.41. The lowest BCUT2D eigenvalue weighted by Crippen LogP contribution is -2.48. The van der Waals surface area contributed by atoms with Crippen LogP contribution in [-0.2, 0) is 14.4 Å². The van der Waals surface area contributed by atoms with Crippen molar-refractivity contribution in [2.24, 2.45) is 0 Å². The van der Waals surface area contributed by atoms with Crippen LogP contribution in [0.15, 0.2) is 24.3 Å². The molecule has 2 N–H and O–H groups in total. The zero-order valence-corrected chi connectivity index (χ0v) is 12.0. The highest BCUT2D eigenvalue weighted by Crippen LogP contribution is 2.29. The number of aliphatic carboxylic acids is 1. The zero-order valence-electron chi connectivity index (χ0n) is 12.0. The molecule has 0 aliphatic carbocycles. The fourth-order valence-electron chi connectivity index (χ4n) is 3.01. The van der Waals surface area contributed by atoms with Gasteiger partial charge in [0.1, 0.15) is 12.6 Å². The van der Waals surface area contributed by atoms with E-state index < -0.39 is 12.0 Å². The zero-order chi connectivity index (χ0) is 15.7. The molecule has 0 aromatic heterocycles. The van der Waals surface area contributed by atoms with E-state index in [1.54, 1.807) is 29.2 Å². The Labute approximate surface area is 127 Å². The summed E-state index contributed by atoms with van der Waals surface area (Å²) in [6, 6.07) is 6.48. The van der Waals surface area contributed by atoms with Gasteiger partial charge in [-0.05, 0) is 31.5 Å². The van der Waals surface area contributed by atoms with E-state index in [9.17, 15) is 19.5 Å². The Balaban J connectivity index is 1.78. The van der Waals surface area contributed by atoms with Crippen molar-refractivity contribution >= 4 is 29.2 Å². The highest BCUT2D eigenvalue weighted by Gasteiger charge is 2.34. The number of benzene rings is 1. The minimum absolute atomic E-state index is 0.0125. The lowest BCUT2D eigenvalue weighted by Gasteiger charge is -2.31. The number of carbonyl (C=O) groups excluding carboxylic acids is 2. The Morgan fingerprint density at radius 3 is 2.86 bits per heavy atom. The van der Waals surface area contributed by atoms with Gasteiger partial charge in [0.05, 0.1) is 17.9 Å². The second-order valence-corrected chi connectivity index (χ2v) is 5.51. The van der Waals surface area contributed by atoms with Crippen molar-refractivity contribution in [3.63, 3.8) is 0 Å². The fraction of sp³-hybridized carbons (Fsp3) is 0.400. The van der Waals surface area contributed by atoms with E-state index in [0.29, 0.717) is 24.3 Å². The average Bonchev–Trinajstić information content (AvgIpc) is 2.94. The number of carboxylic acid groups (broad SMARTS) is 1. The molecule has 1 fully saturated rings. The highest BCUT2D eigenvalue weighted by molar-refractivity contribution is 6.10. The van der Waals surface area contributed by atoms with Gasteiger partial charge >= 0.3 is 5.97 Å². The number of para-hydroxylation sites is 2.